The second kappa shape index (κ2) is 8.39. The van der Waals surface area contributed by atoms with Crippen LogP contribution in [0.15, 0.2) is 0 Å². The Bertz CT molecular complexity index is 156. The van der Waals surface area contributed by atoms with E-state index in [1.807, 2.05) is 11.8 Å². The zero-order valence-corrected chi connectivity index (χ0v) is 10.6. The van der Waals surface area contributed by atoms with Gasteiger partial charge in [0.1, 0.15) is 0 Å². The van der Waals surface area contributed by atoms with Crippen LogP contribution in [0.3, 0.4) is 0 Å². The van der Waals surface area contributed by atoms with Gasteiger partial charge < -0.3 is 14.8 Å². The van der Waals surface area contributed by atoms with Crippen LogP contribution in [0.1, 0.15) is 19.8 Å². The zero-order valence-electron chi connectivity index (χ0n) is 9.83. The molecule has 1 saturated heterocycles. The summed E-state index contributed by atoms with van der Waals surface area (Å²) < 4.78 is 10.6. The van der Waals surface area contributed by atoms with Gasteiger partial charge >= 0.3 is 0 Å². The molecule has 1 rings (SSSR count). The molecular formula is C11H23NO2S. The molecule has 1 N–H and O–H groups in total. The molecule has 90 valence electrons. The van der Waals surface area contributed by atoms with E-state index >= 15 is 0 Å². The fourth-order valence-corrected chi connectivity index (χ4v) is 3.05. The van der Waals surface area contributed by atoms with Crippen molar-refractivity contribution < 1.29 is 9.47 Å². The highest BCUT2D eigenvalue weighted by molar-refractivity contribution is 8.00. The third-order valence-corrected chi connectivity index (χ3v) is 4.01. The Morgan fingerprint density at radius 1 is 1.53 bits per heavy atom. The van der Waals surface area contributed by atoms with Gasteiger partial charge in [-0.05, 0) is 25.1 Å². The zero-order chi connectivity index (χ0) is 10.9. The van der Waals surface area contributed by atoms with Crippen molar-refractivity contribution in [2.45, 2.75) is 31.1 Å². The van der Waals surface area contributed by atoms with Gasteiger partial charge in [-0.25, -0.2) is 0 Å². The summed E-state index contributed by atoms with van der Waals surface area (Å²) >= 11 is 2.02. The molecule has 0 aromatic rings. The third kappa shape index (κ3) is 5.20. The summed E-state index contributed by atoms with van der Waals surface area (Å²) in [6.45, 7) is 5.90. The standard InChI is InChI=1S/C11H23NO2S/c1-3-12-10-5-7-14-9-11(10)15-8-4-6-13-2/h10-12H,3-9H2,1-2H3. The Kier molecular flexibility index (Phi) is 7.44. The second-order valence-corrected chi connectivity index (χ2v) is 5.13. The Morgan fingerprint density at radius 3 is 3.13 bits per heavy atom. The molecule has 1 fully saturated rings. The molecule has 0 amide bonds. The van der Waals surface area contributed by atoms with E-state index in [2.05, 4.69) is 12.2 Å². The lowest BCUT2D eigenvalue weighted by Gasteiger charge is -2.31. The van der Waals surface area contributed by atoms with E-state index < -0.39 is 0 Å². The number of nitrogens with one attached hydrogen (secondary N) is 1. The van der Waals surface area contributed by atoms with Crippen LogP contribution in [-0.4, -0.2) is 50.5 Å². The molecule has 0 aromatic heterocycles. The van der Waals surface area contributed by atoms with Crippen LogP contribution < -0.4 is 5.32 Å². The summed E-state index contributed by atoms with van der Waals surface area (Å²) in [5, 5.41) is 4.16. The Hall–Kier alpha value is 0.230. The van der Waals surface area contributed by atoms with Crippen LogP contribution in [0.5, 0.6) is 0 Å². The van der Waals surface area contributed by atoms with Crippen molar-refractivity contribution in [3.63, 3.8) is 0 Å². The number of hydrogen-bond donors (Lipinski definition) is 1. The van der Waals surface area contributed by atoms with Gasteiger partial charge in [-0.15, -0.1) is 0 Å². The molecule has 0 aliphatic carbocycles. The molecule has 4 heteroatoms. The molecule has 2 unspecified atom stereocenters. The molecule has 0 aromatic carbocycles. The van der Waals surface area contributed by atoms with Crippen LogP contribution >= 0.6 is 11.8 Å². The molecule has 1 heterocycles. The van der Waals surface area contributed by atoms with Crippen LogP contribution in [0.25, 0.3) is 0 Å². The molecule has 1 aliphatic rings. The van der Waals surface area contributed by atoms with Crippen molar-refractivity contribution >= 4 is 11.8 Å². The number of ether oxygens (including phenoxy) is 2. The Labute approximate surface area is 97.3 Å². The summed E-state index contributed by atoms with van der Waals surface area (Å²) in [6.07, 6.45) is 2.28. The largest absolute Gasteiger partial charge is 0.385 e. The molecule has 0 radical (unpaired) electrons. The van der Waals surface area contributed by atoms with Crippen molar-refractivity contribution in [1.82, 2.24) is 5.32 Å². The van der Waals surface area contributed by atoms with E-state index in [0.29, 0.717) is 11.3 Å². The van der Waals surface area contributed by atoms with Crippen molar-refractivity contribution in [2.24, 2.45) is 0 Å². The quantitative estimate of drug-likeness (QED) is 0.676. The van der Waals surface area contributed by atoms with Crippen molar-refractivity contribution in [2.75, 3.05) is 39.2 Å². The predicted octanol–water partition coefficient (Wildman–Crippen LogP) is 1.52. The number of rotatable bonds is 7. The maximum Gasteiger partial charge on any atom is 0.0600 e. The van der Waals surface area contributed by atoms with Gasteiger partial charge in [-0.3, -0.25) is 0 Å². The molecule has 0 saturated carbocycles. The minimum Gasteiger partial charge on any atom is -0.385 e. The van der Waals surface area contributed by atoms with Crippen LogP contribution in [-0.2, 0) is 9.47 Å². The van der Waals surface area contributed by atoms with Gasteiger partial charge in [0, 0.05) is 31.6 Å². The lowest BCUT2D eigenvalue weighted by atomic mass is 10.1. The molecule has 2 atom stereocenters. The van der Waals surface area contributed by atoms with Gasteiger partial charge in [0.15, 0.2) is 0 Å². The van der Waals surface area contributed by atoms with E-state index in [1.54, 1.807) is 7.11 Å². The summed E-state index contributed by atoms with van der Waals surface area (Å²) in [5.41, 5.74) is 0. The Morgan fingerprint density at radius 2 is 2.40 bits per heavy atom. The smallest absolute Gasteiger partial charge is 0.0600 e. The van der Waals surface area contributed by atoms with Gasteiger partial charge in [-0.2, -0.15) is 11.8 Å². The summed E-state index contributed by atoms with van der Waals surface area (Å²) in [6, 6.07) is 0.635. The normalized spacial score (nSPS) is 26.8. The van der Waals surface area contributed by atoms with E-state index in [4.69, 9.17) is 9.47 Å². The number of thioether (sulfide) groups is 1. The van der Waals surface area contributed by atoms with Gasteiger partial charge in [0.05, 0.1) is 6.61 Å². The second-order valence-electron chi connectivity index (χ2n) is 3.78. The summed E-state index contributed by atoms with van der Waals surface area (Å²) in [5.74, 6) is 1.17. The lowest BCUT2D eigenvalue weighted by Crippen LogP contribution is -2.44. The maximum atomic E-state index is 5.52. The van der Waals surface area contributed by atoms with Crippen LogP contribution in [0.4, 0.5) is 0 Å². The first-order valence-electron chi connectivity index (χ1n) is 5.80. The minimum atomic E-state index is 0.621. The minimum absolute atomic E-state index is 0.621. The first-order chi connectivity index (χ1) is 7.38. The summed E-state index contributed by atoms with van der Waals surface area (Å²) in [4.78, 5) is 0. The first kappa shape index (κ1) is 13.3. The first-order valence-corrected chi connectivity index (χ1v) is 6.85. The van der Waals surface area contributed by atoms with E-state index in [0.717, 1.165) is 39.2 Å². The van der Waals surface area contributed by atoms with Gasteiger partial charge in [-0.1, -0.05) is 6.92 Å². The van der Waals surface area contributed by atoms with Gasteiger partial charge in [0.25, 0.3) is 0 Å². The van der Waals surface area contributed by atoms with E-state index in [1.165, 1.54) is 5.75 Å². The van der Waals surface area contributed by atoms with Crippen LogP contribution in [0, 0.1) is 0 Å². The van der Waals surface area contributed by atoms with Gasteiger partial charge in [0.2, 0.25) is 0 Å². The maximum absolute atomic E-state index is 5.52. The SMILES string of the molecule is CCNC1CCOCC1SCCCOC. The van der Waals surface area contributed by atoms with Crippen molar-refractivity contribution in [1.29, 1.82) is 0 Å². The highest BCUT2D eigenvalue weighted by atomic mass is 32.2. The average molecular weight is 233 g/mol. The third-order valence-electron chi connectivity index (χ3n) is 2.60. The lowest BCUT2D eigenvalue weighted by molar-refractivity contribution is 0.0836. The number of hydrogen-bond acceptors (Lipinski definition) is 4. The van der Waals surface area contributed by atoms with E-state index in [9.17, 15) is 0 Å². The van der Waals surface area contributed by atoms with Crippen LogP contribution in [0.2, 0.25) is 0 Å². The number of methoxy groups -OCH3 is 1. The Balaban J connectivity index is 2.17. The fraction of sp³-hybridized carbons (Fsp3) is 1.00. The monoisotopic (exact) mass is 233 g/mol. The topological polar surface area (TPSA) is 30.5 Å². The molecule has 3 nitrogen and oxygen atoms in total. The molecule has 1 aliphatic heterocycles. The molecule has 0 bridgehead atoms. The summed E-state index contributed by atoms with van der Waals surface area (Å²) in [7, 11) is 1.76. The fourth-order valence-electron chi connectivity index (χ4n) is 1.81. The van der Waals surface area contributed by atoms with E-state index in [-0.39, 0.29) is 0 Å². The molecular weight excluding hydrogens is 210 g/mol. The highest BCUT2D eigenvalue weighted by Gasteiger charge is 2.24. The predicted molar refractivity (Wildman–Crippen MR) is 65.6 cm³/mol. The van der Waals surface area contributed by atoms with Crippen molar-refractivity contribution in [3.05, 3.63) is 0 Å². The molecule has 15 heavy (non-hydrogen) atoms. The average Bonchev–Trinajstić information content (AvgIpc) is 2.27. The molecule has 0 spiro atoms. The highest BCUT2D eigenvalue weighted by Crippen LogP contribution is 2.22. The van der Waals surface area contributed by atoms with Crippen molar-refractivity contribution in [3.8, 4) is 0 Å².